The Hall–Kier alpha value is -1.76. The van der Waals surface area contributed by atoms with Gasteiger partial charge in [0.2, 0.25) is 0 Å². The van der Waals surface area contributed by atoms with Gasteiger partial charge in [0, 0.05) is 42.7 Å². The molecule has 0 spiro atoms. The molecule has 1 aliphatic rings. The van der Waals surface area contributed by atoms with Crippen LogP contribution in [0.25, 0.3) is 0 Å². The number of hydrogen-bond donors (Lipinski definition) is 1. The SMILES string of the molecule is CCc1nc(C)cn1CCCn1c2c(c(=O)[nH]c1=O)CSCC2. The number of imidazole rings is 1. The minimum Gasteiger partial charge on any atom is -0.335 e. The molecule has 0 amide bonds. The van der Waals surface area contributed by atoms with Crippen molar-refractivity contribution in [2.24, 2.45) is 0 Å². The zero-order chi connectivity index (χ0) is 16.4. The summed E-state index contributed by atoms with van der Waals surface area (Å²) in [5.74, 6) is 2.75. The molecule has 0 bridgehead atoms. The maximum atomic E-state index is 12.2. The molecule has 1 aliphatic heterocycles. The Kier molecular flexibility index (Phi) is 4.75. The molecule has 0 saturated carbocycles. The standard InChI is InChI=1S/C16H22N4O2S/c1-3-14-17-11(2)9-19(14)6-4-7-20-13-5-8-23-10-12(13)15(21)18-16(20)22/h9H,3-8,10H2,1-2H3,(H,18,21,22). The molecular weight excluding hydrogens is 312 g/mol. The molecule has 0 unspecified atom stereocenters. The van der Waals surface area contributed by atoms with E-state index in [4.69, 9.17) is 0 Å². The van der Waals surface area contributed by atoms with Crippen molar-refractivity contribution in [2.45, 2.75) is 52.0 Å². The third-order valence-corrected chi connectivity index (χ3v) is 5.21. The molecular formula is C16H22N4O2S. The van der Waals surface area contributed by atoms with Crippen LogP contribution in [0.3, 0.4) is 0 Å². The van der Waals surface area contributed by atoms with Gasteiger partial charge in [-0.1, -0.05) is 6.92 Å². The van der Waals surface area contributed by atoms with Gasteiger partial charge in [-0.3, -0.25) is 14.3 Å². The molecule has 23 heavy (non-hydrogen) atoms. The van der Waals surface area contributed by atoms with Crippen molar-refractivity contribution in [1.82, 2.24) is 19.1 Å². The summed E-state index contributed by atoms with van der Waals surface area (Å²) in [5, 5.41) is 0. The number of thioether (sulfide) groups is 1. The highest BCUT2D eigenvalue weighted by atomic mass is 32.2. The predicted octanol–water partition coefficient (Wildman–Crippen LogP) is 1.48. The van der Waals surface area contributed by atoms with E-state index in [9.17, 15) is 9.59 Å². The van der Waals surface area contributed by atoms with Gasteiger partial charge in [0.25, 0.3) is 5.56 Å². The highest BCUT2D eigenvalue weighted by Gasteiger charge is 2.18. The highest BCUT2D eigenvalue weighted by molar-refractivity contribution is 7.98. The van der Waals surface area contributed by atoms with Gasteiger partial charge in [-0.25, -0.2) is 9.78 Å². The van der Waals surface area contributed by atoms with Crippen molar-refractivity contribution in [1.29, 1.82) is 0 Å². The number of nitrogens with zero attached hydrogens (tertiary/aromatic N) is 3. The maximum absolute atomic E-state index is 12.2. The molecule has 0 saturated heterocycles. The van der Waals surface area contributed by atoms with E-state index in [0.29, 0.717) is 12.3 Å². The summed E-state index contributed by atoms with van der Waals surface area (Å²) < 4.78 is 3.92. The van der Waals surface area contributed by atoms with Crippen LogP contribution < -0.4 is 11.2 Å². The van der Waals surface area contributed by atoms with Crippen LogP contribution in [-0.2, 0) is 31.7 Å². The average Bonchev–Trinajstić information content (AvgIpc) is 2.90. The van der Waals surface area contributed by atoms with E-state index in [1.54, 1.807) is 16.3 Å². The lowest BCUT2D eigenvalue weighted by Crippen LogP contribution is -2.37. The van der Waals surface area contributed by atoms with Gasteiger partial charge in [0.15, 0.2) is 0 Å². The Morgan fingerprint density at radius 3 is 2.96 bits per heavy atom. The van der Waals surface area contributed by atoms with Crippen LogP contribution in [0.15, 0.2) is 15.8 Å². The Bertz CT molecular complexity index is 818. The second-order valence-corrected chi connectivity index (χ2v) is 6.94. The Morgan fingerprint density at radius 2 is 2.17 bits per heavy atom. The summed E-state index contributed by atoms with van der Waals surface area (Å²) >= 11 is 1.75. The van der Waals surface area contributed by atoms with Gasteiger partial charge in [0.05, 0.1) is 5.69 Å². The second-order valence-electron chi connectivity index (χ2n) is 5.84. The average molecular weight is 334 g/mol. The summed E-state index contributed by atoms with van der Waals surface area (Å²) in [6, 6.07) is 0. The fourth-order valence-corrected chi connectivity index (χ4v) is 4.13. The lowest BCUT2D eigenvalue weighted by molar-refractivity contribution is 0.517. The minimum atomic E-state index is -0.279. The summed E-state index contributed by atoms with van der Waals surface area (Å²) in [6.07, 6.45) is 4.59. The van der Waals surface area contributed by atoms with Crippen molar-refractivity contribution in [3.8, 4) is 0 Å². The van der Waals surface area contributed by atoms with E-state index < -0.39 is 0 Å². The van der Waals surface area contributed by atoms with Gasteiger partial charge in [0.1, 0.15) is 5.82 Å². The first-order valence-corrected chi connectivity index (χ1v) is 9.21. The minimum absolute atomic E-state index is 0.216. The molecule has 3 heterocycles. The van der Waals surface area contributed by atoms with E-state index in [2.05, 4.69) is 27.7 Å². The van der Waals surface area contributed by atoms with Crippen molar-refractivity contribution in [3.05, 3.63) is 49.8 Å². The quantitative estimate of drug-likeness (QED) is 0.899. The zero-order valence-electron chi connectivity index (χ0n) is 13.6. The lowest BCUT2D eigenvalue weighted by atomic mass is 10.2. The number of rotatable bonds is 5. The first-order chi connectivity index (χ1) is 11.1. The fraction of sp³-hybridized carbons (Fsp3) is 0.562. The van der Waals surface area contributed by atoms with Gasteiger partial charge in [-0.2, -0.15) is 11.8 Å². The second kappa shape index (κ2) is 6.78. The van der Waals surface area contributed by atoms with Crippen LogP contribution in [-0.4, -0.2) is 24.9 Å². The number of H-pyrrole nitrogens is 1. The first-order valence-electron chi connectivity index (χ1n) is 8.05. The molecule has 2 aromatic rings. The molecule has 0 fully saturated rings. The Balaban J connectivity index is 1.78. The number of aromatic nitrogens is 4. The molecule has 6 nitrogen and oxygen atoms in total. The zero-order valence-corrected chi connectivity index (χ0v) is 14.4. The number of aromatic amines is 1. The van der Waals surface area contributed by atoms with Crippen molar-refractivity contribution in [3.63, 3.8) is 0 Å². The van der Waals surface area contributed by atoms with E-state index in [0.717, 1.165) is 54.3 Å². The Labute approximate surface area is 139 Å². The molecule has 0 aromatic carbocycles. The topological polar surface area (TPSA) is 72.7 Å². The molecule has 1 N–H and O–H groups in total. The lowest BCUT2D eigenvalue weighted by Gasteiger charge is -2.19. The normalized spacial score (nSPS) is 14.0. The van der Waals surface area contributed by atoms with Crippen LogP contribution in [0.5, 0.6) is 0 Å². The van der Waals surface area contributed by atoms with Crippen LogP contribution in [0.4, 0.5) is 0 Å². The summed E-state index contributed by atoms with van der Waals surface area (Å²) in [5.41, 5.74) is 2.23. The Morgan fingerprint density at radius 1 is 1.35 bits per heavy atom. The van der Waals surface area contributed by atoms with Crippen LogP contribution in [0.2, 0.25) is 0 Å². The smallest absolute Gasteiger partial charge is 0.328 e. The van der Waals surface area contributed by atoms with Crippen molar-refractivity contribution in [2.75, 3.05) is 5.75 Å². The number of aryl methyl sites for hydroxylation is 3. The summed E-state index contributed by atoms with van der Waals surface area (Å²) in [6.45, 7) is 5.55. The summed E-state index contributed by atoms with van der Waals surface area (Å²) in [4.78, 5) is 31.0. The molecule has 7 heteroatoms. The third kappa shape index (κ3) is 3.29. The predicted molar refractivity (Wildman–Crippen MR) is 92.1 cm³/mol. The van der Waals surface area contributed by atoms with Crippen molar-refractivity contribution >= 4 is 11.8 Å². The van der Waals surface area contributed by atoms with Gasteiger partial charge in [-0.15, -0.1) is 0 Å². The largest absolute Gasteiger partial charge is 0.335 e. The molecule has 0 radical (unpaired) electrons. The van der Waals surface area contributed by atoms with E-state index >= 15 is 0 Å². The van der Waals surface area contributed by atoms with Crippen LogP contribution >= 0.6 is 11.8 Å². The molecule has 2 aromatic heterocycles. The van der Waals surface area contributed by atoms with Crippen LogP contribution in [0, 0.1) is 6.92 Å². The third-order valence-electron chi connectivity index (χ3n) is 4.22. The maximum Gasteiger partial charge on any atom is 0.328 e. The molecule has 124 valence electrons. The number of nitrogens with one attached hydrogen (secondary N) is 1. The van der Waals surface area contributed by atoms with Crippen molar-refractivity contribution < 1.29 is 0 Å². The van der Waals surface area contributed by atoms with Crippen LogP contribution in [0.1, 0.15) is 36.1 Å². The van der Waals surface area contributed by atoms with Gasteiger partial charge in [-0.05, 0) is 25.5 Å². The molecule has 3 rings (SSSR count). The summed E-state index contributed by atoms with van der Waals surface area (Å²) in [7, 11) is 0. The number of hydrogen-bond acceptors (Lipinski definition) is 4. The molecule has 0 atom stereocenters. The number of fused-ring (bicyclic) bond motifs is 1. The van der Waals surface area contributed by atoms with Gasteiger partial charge < -0.3 is 4.57 Å². The highest BCUT2D eigenvalue weighted by Crippen LogP contribution is 2.20. The van der Waals surface area contributed by atoms with E-state index in [1.807, 2.05) is 6.92 Å². The first kappa shape index (κ1) is 16.1. The monoisotopic (exact) mass is 334 g/mol. The molecule has 0 aliphatic carbocycles. The fourth-order valence-electron chi connectivity index (χ4n) is 3.14. The van der Waals surface area contributed by atoms with E-state index in [-0.39, 0.29) is 11.2 Å². The van der Waals surface area contributed by atoms with E-state index in [1.165, 1.54) is 0 Å². The van der Waals surface area contributed by atoms with Gasteiger partial charge >= 0.3 is 5.69 Å².